The lowest BCUT2D eigenvalue weighted by molar-refractivity contribution is -0.164. The van der Waals surface area contributed by atoms with Gasteiger partial charge in [-0.1, -0.05) is 42.5 Å². The number of rotatable bonds is 4. The number of fused-ring (bicyclic) bond motifs is 2. The van der Waals surface area contributed by atoms with Crippen molar-refractivity contribution < 1.29 is 9.59 Å². The van der Waals surface area contributed by atoms with Gasteiger partial charge in [0.2, 0.25) is 11.8 Å². The van der Waals surface area contributed by atoms with Crippen molar-refractivity contribution in [3.05, 3.63) is 78.0 Å². The monoisotopic (exact) mass is 414 g/mol. The Morgan fingerprint density at radius 3 is 2.61 bits per heavy atom. The average Bonchev–Trinajstić information content (AvgIpc) is 2.81. The number of nitrogens with zero attached hydrogens (tertiary/aromatic N) is 4. The maximum absolute atomic E-state index is 13.2. The minimum absolute atomic E-state index is 0.0351. The molecule has 31 heavy (non-hydrogen) atoms. The zero-order valence-corrected chi connectivity index (χ0v) is 17.6. The number of benzene rings is 2. The first-order chi connectivity index (χ1) is 15.1. The summed E-state index contributed by atoms with van der Waals surface area (Å²) in [5.74, 6) is 0.0975. The fourth-order valence-corrected chi connectivity index (χ4v) is 4.75. The number of aromatic nitrogens is 1. The molecule has 1 aromatic heterocycles. The third-order valence-electron chi connectivity index (χ3n) is 6.48. The molecule has 2 saturated heterocycles. The van der Waals surface area contributed by atoms with Crippen LogP contribution in [0.1, 0.15) is 11.1 Å². The summed E-state index contributed by atoms with van der Waals surface area (Å²) in [6.07, 6.45) is 2.36. The molecule has 6 nitrogen and oxygen atoms in total. The van der Waals surface area contributed by atoms with Crippen LogP contribution in [0.25, 0.3) is 10.9 Å². The molecule has 6 heteroatoms. The van der Waals surface area contributed by atoms with E-state index in [0.29, 0.717) is 19.5 Å². The molecule has 0 N–H and O–H groups in total. The van der Waals surface area contributed by atoms with Crippen LogP contribution in [-0.2, 0) is 22.6 Å². The molecular weight excluding hydrogens is 388 g/mol. The largest absolute Gasteiger partial charge is 0.332 e. The number of amides is 2. The fourth-order valence-electron chi connectivity index (χ4n) is 4.75. The van der Waals surface area contributed by atoms with Gasteiger partial charge in [-0.2, -0.15) is 0 Å². The van der Waals surface area contributed by atoms with Gasteiger partial charge in [0, 0.05) is 51.2 Å². The van der Waals surface area contributed by atoms with Gasteiger partial charge in [-0.15, -0.1) is 0 Å². The van der Waals surface area contributed by atoms with E-state index in [-0.39, 0.29) is 11.8 Å². The summed E-state index contributed by atoms with van der Waals surface area (Å²) in [6.45, 7) is 2.68. The molecule has 5 rings (SSSR count). The third-order valence-corrected chi connectivity index (χ3v) is 6.48. The van der Waals surface area contributed by atoms with Crippen LogP contribution in [-0.4, -0.2) is 70.3 Å². The Bertz CT molecular complexity index is 1120. The van der Waals surface area contributed by atoms with Crippen molar-refractivity contribution in [2.24, 2.45) is 0 Å². The average molecular weight is 415 g/mol. The Hall–Kier alpha value is -3.25. The van der Waals surface area contributed by atoms with E-state index < -0.39 is 12.1 Å². The molecule has 2 atom stereocenters. The summed E-state index contributed by atoms with van der Waals surface area (Å²) >= 11 is 0. The van der Waals surface area contributed by atoms with Gasteiger partial charge in [-0.25, -0.2) is 0 Å². The zero-order chi connectivity index (χ0) is 21.4. The van der Waals surface area contributed by atoms with Crippen LogP contribution in [0.5, 0.6) is 0 Å². The smallest absolute Gasteiger partial charge is 0.247 e. The second kappa shape index (κ2) is 8.12. The maximum atomic E-state index is 13.2. The summed E-state index contributed by atoms with van der Waals surface area (Å²) in [4.78, 5) is 36.5. The van der Waals surface area contributed by atoms with Gasteiger partial charge in [0.15, 0.2) is 0 Å². The number of piperazine rings is 2. The van der Waals surface area contributed by atoms with E-state index in [1.54, 1.807) is 23.0 Å². The van der Waals surface area contributed by atoms with Gasteiger partial charge >= 0.3 is 0 Å². The van der Waals surface area contributed by atoms with E-state index in [1.807, 2.05) is 42.5 Å². The first kappa shape index (κ1) is 19.7. The summed E-state index contributed by atoms with van der Waals surface area (Å²) in [6, 6.07) is 19.4. The van der Waals surface area contributed by atoms with Crippen LogP contribution >= 0.6 is 0 Å². The molecular formula is C25H26N4O2. The molecule has 2 aromatic carbocycles. The molecule has 0 bridgehead atoms. The summed E-state index contributed by atoms with van der Waals surface area (Å²) in [5, 5.41) is 1.12. The Balaban J connectivity index is 1.30. The van der Waals surface area contributed by atoms with Crippen LogP contribution in [0.15, 0.2) is 66.9 Å². The highest BCUT2D eigenvalue weighted by Crippen LogP contribution is 2.24. The molecule has 0 saturated carbocycles. The second-order valence-electron chi connectivity index (χ2n) is 8.47. The standard InChI is InChI=1S/C25H26N4O2/c1-27-22(15-18-6-3-2-4-7-18)25(31)29-13-12-28(17-23(29)24(27)30)16-19-9-10-21-20(14-19)8-5-11-26-21/h2-11,14,22-23H,12-13,15-17H2,1H3/t22-,23+/m0/s1. The first-order valence-corrected chi connectivity index (χ1v) is 10.8. The highest BCUT2D eigenvalue weighted by atomic mass is 16.2. The molecule has 2 amide bonds. The van der Waals surface area contributed by atoms with Crippen molar-refractivity contribution in [2.45, 2.75) is 25.0 Å². The minimum atomic E-state index is -0.425. The highest BCUT2D eigenvalue weighted by molar-refractivity contribution is 5.97. The Morgan fingerprint density at radius 2 is 1.77 bits per heavy atom. The Kier molecular flexibility index (Phi) is 5.16. The van der Waals surface area contributed by atoms with E-state index >= 15 is 0 Å². The van der Waals surface area contributed by atoms with Gasteiger partial charge in [0.25, 0.3) is 0 Å². The lowest BCUT2D eigenvalue weighted by atomic mass is 9.97. The number of likely N-dealkylation sites (N-methyl/N-ethyl adjacent to an activating group) is 1. The van der Waals surface area contributed by atoms with Gasteiger partial charge in [0.05, 0.1) is 5.52 Å². The van der Waals surface area contributed by atoms with Crippen molar-refractivity contribution in [3.63, 3.8) is 0 Å². The number of carbonyl (C=O) groups is 2. The summed E-state index contributed by atoms with van der Waals surface area (Å²) in [5.41, 5.74) is 3.25. The molecule has 0 unspecified atom stereocenters. The van der Waals surface area contributed by atoms with Crippen LogP contribution in [0.4, 0.5) is 0 Å². The van der Waals surface area contributed by atoms with Crippen LogP contribution in [0.3, 0.4) is 0 Å². The summed E-state index contributed by atoms with van der Waals surface area (Å²) < 4.78 is 0. The Labute approximate surface area is 182 Å². The third kappa shape index (κ3) is 3.79. The van der Waals surface area contributed by atoms with Gasteiger partial charge in [0.1, 0.15) is 12.1 Å². The first-order valence-electron chi connectivity index (χ1n) is 10.8. The van der Waals surface area contributed by atoms with E-state index in [2.05, 4.69) is 28.1 Å². The molecule has 0 spiro atoms. The molecule has 158 valence electrons. The molecule has 3 aromatic rings. The maximum Gasteiger partial charge on any atom is 0.247 e. The van der Waals surface area contributed by atoms with Gasteiger partial charge in [-0.3, -0.25) is 19.5 Å². The fraction of sp³-hybridized carbons (Fsp3) is 0.320. The highest BCUT2D eigenvalue weighted by Gasteiger charge is 2.46. The van der Waals surface area contributed by atoms with Gasteiger partial charge < -0.3 is 9.80 Å². The predicted molar refractivity (Wildman–Crippen MR) is 119 cm³/mol. The van der Waals surface area contributed by atoms with Crippen molar-refractivity contribution in [2.75, 3.05) is 26.7 Å². The predicted octanol–water partition coefficient (Wildman–Crippen LogP) is 2.33. The number of pyridine rings is 1. The van der Waals surface area contributed by atoms with E-state index in [9.17, 15) is 9.59 Å². The second-order valence-corrected chi connectivity index (χ2v) is 8.47. The number of hydrogen-bond acceptors (Lipinski definition) is 4. The quantitative estimate of drug-likeness (QED) is 0.658. The van der Waals surface area contributed by atoms with E-state index in [4.69, 9.17) is 0 Å². The zero-order valence-electron chi connectivity index (χ0n) is 17.6. The molecule has 2 fully saturated rings. The topological polar surface area (TPSA) is 56.8 Å². The molecule has 3 heterocycles. The van der Waals surface area contributed by atoms with Crippen LogP contribution < -0.4 is 0 Å². The minimum Gasteiger partial charge on any atom is -0.332 e. The lowest BCUT2D eigenvalue weighted by Gasteiger charge is -2.48. The summed E-state index contributed by atoms with van der Waals surface area (Å²) in [7, 11) is 1.76. The molecule has 2 aliphatic heterocycles. The van der Waals surface area contributed by atoms with Crippen molar-refractivity contribution >= 4 is 22.7 Å². The van der Waals surface area contributed by atoms with Crippen molar-refractivity contribution in [1.82, 2.24) is 19.7 Å². The SMILES string of the molecule is CN1C(=O)[C@H]2CN(Cc3ccc4ncccc4c3)CCN2C(=O)[C@@H]1Cc1ccccc1. The molecule has 2 aliphatic rings. The van der Waals surface area contributed by atoms with Crippen molar-refractivity contribution in [3.8, 4) is 0 Å². The number of carbonyl (C=O) groups excluding carboxylic acids is 2. The Morgan fingerprint density at radius 1 is 0.935 bits per heavy atom. The van der Waals surface area contributed by atoms with E-state index in [0.717, 1.165) is 29.6 Å². The molecule has 0 aliphatic carbocycles. The van der Waals surface area contributed by atoms with Crippen LogP contribution in [0, 0.1) is 0 Å². The van der Waals surface area contributed by atoms with Gasteiger partial charge in [-0.05, 0) is 29.3 Å². The normalized spacial score (nSPS) is 22.1. The van der Waals surface area contributed by atoms with Crippen LogP contribution in [0.2, 0.25) is 0 Å². The molecule has 0 radical (unpaired) electrons. The van der Waals surface area contributed by atoms with E-state index in [1.165, 1.54) is 5.56 Å². The van der Waals surface area contributed by atoms with Crippen molar-refractivity contribution in [1.29, 1.82) is 0 Å². The number of hydrogen-bond donors (Lipinski definition) is 0. The lowest BCUT2D eigenvalue weighted by Crippen LogP contribution is -2.69.